The number of pyridine rings is 1. The van der Waals surface area contributed by atoms with Gasteiger partial charge in [0.15, 0.2) is 0 Å². The minimum Gasteiger partial charge on any atom is -0.613 e. The topological polar surface area (TPSA) is 91.7 Å². The number of ether oxygens (including phenoxy) is 1. The number of allylic oxidation sites excluding steroid dienone is 5. The third-order valence-electron chi connectivity index (χ3n) is 4.43. The fraction of sp³-hybridized carbons (Fsp3) is 0.273. The van der Waals surface area contributed by atoms with E-state index in [-0.39, 0.29) is 10.6 Å². The molecule has 0 saturated carbocycles. The maximum atomic E-state index is 12.8. The molecule has 0 amide bonds. The maximum Gasteiger partial charge on any atom is 0.285 e. The maximum absolute atomic E-state index is 12.8. The quantitative estimate of drug-likeness (QED) is 0.488. The average molecular weight is 412 g/mol. The molecule has 3 rings (SSSR count). The highest BCUT2D eigenvalue weighted by molar-refractivity contribution is 7.90. The fourth-order valence-corrected chi connectivity index (χ4v) is 4.07. The van der Waals surface area contributed by atoms with Gasteiger partial charge in [-0.05, 0) is 42.9 Å². The Bertz CT molecular complexity index is 1080. The van der Waals surface area contributed by atoms with Gasteiger partial charge in [-0.3, -0.25) is 4.98 Å². The van der Waals surface area contributed by atoms with Gasteiger partial charge in [-0.15, -0.1) is 0 Å². The Kier molecular flexibility index (Phi) is 6.82. The van der Waals surface area contributed by atoms with E-state index in [0.29, 0.717) is 17.7 Å². The van der Waals surface area contributed by atoms with Crippen LogP contribution in [0.1, 0.15) is 32.6 Å². The minimum absolute atomic E-state index is 0.0474. The predicted molar refractivity (Wildman–Crippen MR) is 112 cm³/mol. The average Bonchev–Trinajstić information content (AvgIpc) is 2.73. The molecule has 1 aliphatic rings. The zero-order valence-electron chi connectivity index (χ0n) is 16.2. The summed E-state index contributed by atoms with van der Waals surface area (Å²) >= 11 is 0. The summed E-state index contributed by atoms with van der Waals surface area (Å²) in [5, 5.41) is 12.8. The summed E-state index contributed by atoms with van der Waals surface area (Å²) < 4.78 is 34.7. The SMILES string of the molecule is CCCCCCOC([O-])=C1C=CC(=NS(=O)(=O)c2cccc3cccnc23)C=C1. The van der Waals surface area contributed by atoms with Gasteiger partial charge in [0.2, 0.25) is 0 Å². The molecule has 0 saturated heterocycles. The van der Waals surface area contributed by atoms with Gasteiger partial charge in [0.25, 0.3) is 10.0 Å². The van der Waals surface area contributed by atoms with Crippen LogP contribution in [-0.2, 0) is 14.8 Å². The number of fused-ring (bicyclic) bond motifs is 1. The molecule has 152 valence electrons. The van der Waals surface area contributed by atoms with Crippen LogP contribution in [-0.4, -0.2) is 25.7 Å². The van der Waals surface area contributed by atoms with Crippen molar-refractivity contribution in [1.29, 1.82) is 0 Å². The molecule has 1 aromatic carbocycles. The molecule has 0 fully saturated rings. The second kappa shape index (κ2) is 9.52. The zero-order valence-corrected chi connectivity index (χ0v) is 17.1. The first-order chi connectivity index (χ1) is 14.0. The number of sulfonamides is 1. The van der Waals surface area contributed by atoms with Crippen LogP contribution in [0.5, 0.6) is 0 Å². The Morgan fingerprint density at radius 2 is 1.83 bits per heavy atom. The van der Waals surface area contributed by atoms with Crippen LogP contribution in [0.25, 0.3) is 10.9 Å². The molecule has 0 atom stereocenters. The number of hydrogen-bond donors (Lipinski definition) is 0. The van der Waals surface area contributed by atoms with E-state index in [1.807, 2.05) is 0 Å². The number of aromatic nitrogens is 1. The highest BCUT2D eigenvalue weighted by Gasteiger charge is 2.18. The van der Waals surface area contributed by atoms with Gasteiger partial charge in [-0.25, -0.2) is 0 Å². The molecule has 0 aliphatic heterocycles. The van der Waals surface area contributed by atoms with E-state index in [4.69, 9.17) is 4.74 Å². The molecule has 0 spiro atoms. The molecule has 2 aromatic rings. The largest absolute Gasteiger partial charge is 0.613 e. The molecular weight excluding hydrogens is 388 g/mol. The second-order valence-electron chi connectivity index (χ2n) is 6.64. The van der Waals surface area contributed by atoms with E-state index in [1.165, 1.54) is 30.4 Å². The fourth-order valence-electron chi connectivity index (χ4n) is 2.91. The summed E-state index contributed by atoms with van der Waals surface area (Å²) in [6.45, 7) is 2.50. The van der Waals surface area contributed by atoms with Gasteiger partial charge in [0.1, 0.15) is 4.90 Å². The molecular formula is C22H23N2O4S-. The number of hydrogen-bond acceptors (Lipinski definition) is 5. The Morgan fingerprint density at radius 3 is 2.59 bits per heavy atom. The lowest BCUT2D eigenvalue weighted by Crippen LogP contribution is -2.13. The standard InChI is InChI=1S/C22H24N2O4S/c1-2-3-4-5-16-28-22(25)18-11-13-19(14-12-18)24-29(26,27)20-10-6-8-17-9-7-15-23-21(17)20/h6-15,25H,2-5,16H2,1H3/p-1. The lowest BCUT2D eigenvalue weighted by molar-refractivity contribution is -0.358. The molecule has 0 radical (unpaired) electrons. The summed E-state index contributed by atoms with van der Waals surface area (Å²) in [5.74, 6) is -0.422. The number of rotatable bonds is 8. The van der Waals surface area contributed by atoms with Crippen LogP contribution < -0.4 is 5.11 Å². The highest BCUT2D eigenvalue weighted by atomic mass is 32.2. The van der Waals surface area contributed by atoms with Gasteiger partial charge >= 0.3 is 0 Å². The molecule has 7 heteroatoms. The molecule has 6 nitrogen and oxygen atoms in total. The van der Waals surface area contributed by atoms with Crippen LogP contribution in [0, 0.1) is 0 Å². The van der Waals surface area contributed by atoms with Crippen molar-refractivity contribution in [2.75, 3.05) is 6.61 Å². The first-order valence-corrected chi connectivity index (χ1v) is 11.0. The number of unbranched alkanes of at least 4 members (excludes halogenated alkanes) is 3. The van der Waals surface area contributed by atoms with Gasteiger partial charge < -0.3 is 9.84 Å². The second-order valence-corrected chi connectivity index (χ2v) is 8.21. The molecule has 0 unspecified atom stereocenters. The zero-order chi connectivity index (χ0) is 20.7. The van der Waals surface area contributed by atoms with Crippen molar-refractivity contribution < 1.29 is 18.3 Å². The lowest BCUT2D eigenvalue weighted by Gasteiger charge is -2.18. The smallest absolute Gasteiger partial charge is 0.285 e. The highest BCUT2D eigenvalue weighted by Crippen LogP contribution is 2.23. The van der Waals surface area contributed by atoms with Gasteiger partial charge in [0, 0.05) is 11.6 Å². The third kappa shape index (κ3) is 5.32. The van der Waals surface area contributed by atoms with Crippen molar-refractivity contribution >= 4 is 26.6 Å². The van der Waals surface area contributed by atoms with Crippen LogP contribution in [0.4, 0.5) is 0 Å². The lowest BCUT2D eigenvalue weighted by atomic mass is 10.1. The van der Waals surface area contributed by atoms with E-state index in [9.17, 15) is 13.5 Å². The monoisotopic (exact) mass is 411 g/mol. The van der Waals surface area contributed by atoms with Crippen LogP contribution in [0.15, 0.2) is 81.6 Å². The van der Waals surface area contributed by atoms with Gasteiger partial charge in [-0.2, -0.15) is 12.8 Å². The van der Waals surface area contributed by atoms with Crippen molar-refractivity contribution in [3.05, 3.63) is 72.4 Å². The van der Waals surface area contributed by atoms with Crippen molar-refractivity contribution in [3.8, 4) is 0 Å². The van der Waals surface area contributed by atoms with Gasteiger partial charge in [-0.1, -0.05) is 56.5 Å². The summed E-state index contributed by atoms with van der Waals surface area (Å²) in [5.41, 5.74) is 0.975. The molecule has 0 N–H and O–H groups in total. The normalized spacial score (nSPS) is 13.7. The Labute approximate surface area is 171 Å². The van der Waals surface area contributed by atoms with E-state index in [2.05, 4.69) is 16.3 Å². The molecule has 29 heavy (non-hydrogen) atoms. The third-order valence-corrected chi connectivity index (χ3v) is 5.77. The van der Waals surface area contributed by atoms with Crippen LogP contribution in [0.3, 0.4) is 0 Å². The van der Waals surface area contributed by atoms with E-state index >= 15 is 0 Å². The predicted octanol–water partition coefficient (Wildman–Crippen LogP) is 3.66. The number of nitrogens with zero attached hydrogens (tertiary/aromatic N) is 2. The molecule has 1 heterocycles. The first-order valence-electron chi connectivity index (χ1n) is 9.60. The molecule has 0 bridgehead atoms. The van der Waals surface area contributed by atoms with Crippen molar-refractivity contribution in [2.24, 2.45) is 4.40 Å². The molecule has 1 aliphatic carbocycles. The van der Waals surface area contributed by atoms with E-state index in [1.54, 1.807) is 30.5 Å². The number of para-hydroxylation sites is 1. The van der Waals surface area contributed by atoms with Gasteiger partial charge in [0.05, 0.1) is 17.2 Å². The van der Waals surface area contributed by atoms with Crippen LogP contribution in [0.2, 0.25) is 0 Å². The van der Waals surface area contributed by atoms with E-state index < -0.39 is 16.0 Å². The summed E-state index contributed by atoms with van der Waals surface area (Å²) in [6, 6.07) is 8.48. The van der Waals surface area contributed by atoms with Crippen molar-refractivity contribution in [3.63, 3.8) is 0 Å². The summed E-state index contributed by atoms with van der Waals surface area (Å²) in [4.78, 5) is 4.22. The van der Waals surface area contributed by atoms with Crippen LogP contribution >= 0.6 is 0 Å². The Morgan fingerprint density at radius 1 is 1.07 bits per heavy atom. The number of benzene rings is 1. The minimum atomic E-state index is -3.95. The molecule has 1 aromatic heterocycles. The Hall–Kier alpha value is -2.93. The van der Waals surface area contributed by atoms with Crippen molar-refractivity contribution in [1.82, 2.24) is 4.98 Å². The first kappa shape index (κ1) is 20.8. The summed E-state index contributed by atoms with van der Waals surface area (Å²) in [7, 11) is -3.95. The van der Waals surface area contributed by atoms with Crippen molar-refractivity contribution in [2.45, 2.75) is 37.5 Å². The van der Waals surface area contributed by atoms with E-state index in [0.717, 1.165) is 31.1 Å². The summed E-state index contributed by atoms with van der Waals surface area (Å²) in [6.07, 6.45) is 11.7. The Balaban J connectivity index is 1.74.